The number of carbonyl (C=O) groups is 2. The number of carboxylic acid groups (broad SMARTS) is 1. The van der Waals surface area contributed by atoms with Crippen molar-refractivity contribution in [1.82, 2.24) is 10.6 Å². The summed E-state index contributed by atoms with van der Waals surface area (Å²) in [5, 5.41) is 15.3. The topological polar surface area (TPSA) is 78.4 Å². The van der Waals surface area contributed by atoms with Gasteiger partial charge in [-0.2, -0.15) is 0 Å². The molecule has 1 saturated heterocycles. The average Bonchev–Trinajstić information content (AvgIpc) is 2.85. The molecule has 1 heterocycles. The molecule has 3 N–H and O–H groups in total. The molecular formula is C14H26N2O3. The number of carbonyl (C=O) groups excluding carboxylic acids is 1. The zero-order chi connectivity index (χ0) is 14.5. The molecule has 0 spiro atoms. The van der Waals surface area contributed by atoms with Crippen LogP contribution in [0.3, 0.4) is 0 Å². The molecule has 5 nitrogen and oxygen atoms in total. The van der Waals surface area contributed by atoms with E-state index in [1.165, 1.54) is 0 Å². The zero-order valence-corrected chi connectivity index (χ0v) is 12.2. The van der Waals surface area contributed by atoms with Gasteiger partial charge < -0.3 is 15.7 Å². The standard InChI is InChI=1S/C14H26N2O3/c1-4-7-14(8-6-9-16-14)11(17)15-10-13(3,5-2)12(18)19/h16H,4-10H2,1-3H3,(H,15,17)(H,18,19). The minimum absolute atomic E-state index is 0.0484. The molecule has 2 atom stereocenters. The van der Waals surface area contributed by atoms with Crippen LogP contribution in [0.15, 0.2) is 0 Å². The van der Waals surface area contributed by atoms with Crippen molar-refractivity contribution in [2.45, 2.75) is 58.4 Å². The van der Waals surface area contributed by atoms with Crippen LogP contribution >= 0.6 is 0 Å². The van der Waals surface area contributed by atoms with Crippen molar-refractivity contribution in [2.75, 3.05) is 13.1 Å². The van der Waals surface area contributed by atoms with Crippen molar-refractivity contribution in [1.29, 1.82) is 0 Å². The van der Waals surface area contributed by atoms with E-state index in [0.29, 0.717) is 6.42 Å². The van der Waals surface area contributed by atoms with Gasteiger partial charge in [0.05, 0.1) is 11.0 Å². The van der Waals surface area contributed by atoms with E-state index in [1.54, 1.807) is 6.92 Å². The van der Waals surface area contributed by atoms with Gasteiger partial charge in [-0.3, -0.25) is 9.59 Å². The van der Waals surface area contributed by atoms with Gasteiger partial charge in [-0.25, -0.2) is 0 Å². The van der Waals surface area contributed by atoms with Crippen molar-refractivity contribution >= 4 is 11.9 Å². The monoisotopic (exact) mass is 270 g/mol. The second-order valence-corrected chi connectivity index (χ2v) is 5.76. The Kier molecular flexibility index (Phi) is 5.35. The Morgan fingerprint density at radius 2 is 2.11 bits per heavy atom. The first-order valence-electron chi connectivity index (χ1n) is 7.17. The van der Waals surface area contributed by atoms with Crippen molar-refractivity contribution in [3.8, 4) is 0 Å². The number of aliphatic carboxylic acids is 1. The molecule has 0 aromatic heterocycles. The maximum absolute atomic E-state index is 12.4. The summed E-state index contributed by atoms with van der Waals surface area (Å²) in [4.78, 5) is 23.6. The highest BCUT2D eigenvalue weighted by molar-refractivity contribution is 5.87. The van der Waals surface area contributed by atoms with Gasteiger partial charge in [-0.05, 0) is 39.2 Å². The minimum atomic E-state index is -0.887. The molecule has 110 valence electrons. The van der Waals surface area contributed by atoms with E-state index in [4.69, 9.17) is 0 Å². The number of hydrogen-bond acceptors (Lipinski definition) is 3. The van der Waals surface area contributed by atoms with Gasteiger partial charge in [-0.15, -0.1) is 0 Å². The van der Waals surface area contributed by atoms with Gasteiger partial charge in [-0.1, -0.05) is 20.3 Å². The zero-order valence-electron chi connectivity index (χ0n) is 12.2. The van der Waals surface area contributed by atoms with Gasteiger partial charge >= 0.3 is 5.97 Å². The number of rotatable bonds is 7. The fourth-order valence-electron chi connectivity index (χ4n) is 2.55. The van der Waals surface area contributed by atoms with E-state index < -0.39 is 16.9 Å². The summed E-state index contributed by atoms with van der Waals surface area (Å²) in [5.74, 6) is -0.910. The van der Waals surface area contributed by atoms with Crippen LogP contribution in [0, 0.1) is 5.41 Å². The average molecular weight is 270 g/mol. The quantitative estimate of drug-likeness (QED) is 0.655. The summed E-state index contributed by atoms with van der Waals surface area (Å²) in [6.07, 6.45) is 4.07. The van der Waals surface area contributed by atoms with Crippen molar-refractivity contribution < 1.29 is 14.7 Å². The van der Waals surface area contributed by atoms with Crippen LogP contribution < -0.4 is 10.6 Å². The van der Waals surface area contributed by atoms with Crippen LogP contribution in [-0.2, 0) is 9.59 Å². The number of amides is 1. The summed E-state index contributed by atoms with van der Waals surface area (Å²) >= 11 is 0. The van der Waals surface area contributed by atoms with Gasteiger partial charge in [0.15, 0.2) is 0 Å². The Bertz CT molecular complexity index is 338. The lowest BCUT2D eigenvalue weighted by molar-refractivity contribution is -0.148. The summed E-state index contributed by atoms with van der Waals surface area (Å²) in [7, 11) is 0. The van der Waals surface area contributed by atoms with E-state index in [9.17, 15) is 14.7 Å². The molecule has 1 amide bonds. The van der Waals surface area contributed by atoms with Crippen LogP contribution in [-0.4, -0.2) is 35.6 Å². The molecule has 0 saturated carbocycles. The van der Waals surface area contributed by atoms with E-state index in [-0.39, 0.29) is 12.5 Å². The van der Waals surface area contributed by atoms with Gasteiger partial charge in [0.25, 0.3) is 0 Å². The predicted octanol–water partition coefficient (Wildman–Crippen LogP) is 1.53. The van der Waals surface area contributed by atoms with Crippen LogP contribution in [0.25, 0.3) is 0 Å². The Hall–Kier alpha value is -1.10. The van der Waals surface area contributed by atoms with Crippen molar-refractivity contribution in [3.63, 3.8) is 0 Å². The highest BCUT2D eigenvalue weighted by Crippen LogP contribution is 2.26. The smallest absolute Gasteiger partial charge is 0.311 e. The first-order chi connectivity index (χ1) is 8.90. The fourth-order valence-corrected chi connectivity index (χ4v) is 2.55. The van der Waals surface area contributed by atoms with Crippen molar-refractivity contribution in [2.24, 2.45) is 5.41 Å². The van der Waals surface area contributed by atoms with Crippen LogP contribution in [0.2, 0.25) is 0 Å². The fraction of sp³-hybridized carbons (Fsp3) is 0.857. The molecule has 0 radical (unpaired) electrons. The van der Waals surface area contributed by atoms with Gasteiger partial charge in [0.1, 0.15) is 0 Å². The first kappa shape index (κ1) is 16.0. The molecular weight excluding hydrogens is 244 g/mol. The van der Waals surface area contributed by atoms with E-state index >= 15 is 0 Å². The molecule has 2 unspecified atom stereocenters. The Morgan fingerprint density at radius 1 is 1.42 bits per heavy atom. The molecule has 1 aliphatic heterocycles. The number of nitrogens with one attached hydrogen (secondary N) is 2. The van der Waals surface area contributed by atoms with Gasteiger partial charge in [0.2, 0.25) is 5.91 Å². The summed E-state index contributed by atoms with van der Waals surface area (Å²) in [5.41, 5.74) is -1.37. The lowest BCUT2D eigenvalue weighted by Gasteiger charge is -2.30. The lowest BCUT2D eigenvalue weighted by Crippen LogP contribution is -2.55. The Balaban J connectivity index is 2.65. The maximum Gasteiger partial charge on any atom is 0.311 e. The Labute approximate surface area is 115 Å². The summed E-state index contributed by atoms with van der Waals surface area (Å²) in [6.45, 7) is 6.60. The van der Waals surface area contributed by atoms with E-state index in [0.717, 1.165) is 32.2 Å². The highest BCUT2D eigenvalue weighted by Gasteiger charge is 2.41. The minimum Gasteiger partial charge on any atom is -0.481 e. The largest absolute Gasteiger partial charge is 0.481 e. The Morgan fingerprint density at radius 3 is 2.53 bits per heavy atom. The van der Waals surface area contributed by atoms with E-state index in [2.05, 4.69) is 17.6 Å². The predicted molar refractivity (Wildman–Crippen MR) is 73.9 cm³/mol. The molecule has 1 fully saturated rings. The maximum atomic E-state index is 12.4. The summed E-state index contributed by atoms with van der Waals surface area (Å²) < 4.78 is 0. The first-order valence-corrected chi connectivity index (χ1v) is 7.17. The molecule has 0 bridgehead atoms. The SMILES string of the molecule is CCCC1(C(=O)NCC(C)(CC)C(=O)O)CCCN1. The molecule has 19 heavy (non-hydrogen) atoms. The number of hydrogen-bond donors (Lipinski definition) is 3. The highest BCUT2D eigenvalue weighted by atomic mass is 16.4. The molecule has 5 heteroatoms. The van der Waals surface area contributed by atoms with Gasteiger partial charge in [0, 0.05) is 6.54 Å². The number of carboxylic acids is 1. The van der Waals surface area contributed by atoms with Crippen molar-refractivity contribution in [3.05, 3.63) is 0 Å². The third-order valence-corrected chi connectivity index (χ3v) is 4.29. The second kappa shape index (κ2) is 6.37. The van der Waals surface area contributed by atoms with Crippen LogP contribution in [0.1, 0.15) is 52.9 Å². The third kappa shape index (κ3) is 3.47. The second-order valence-electron chi connectivity index (χ2n) is 5.76. The molecule has 1 aliphatic rings. The third-order valence-electron chi connectivity index (χ3n) is 4.29. The van der Waals surface area contributed by atoms with Crippen LogP contribution in [0.4, 0.5) is 0 Å². The molecule has 1 rings (SSSR count). The lowest BCUT2D eigenvalue weighted by atomic mass is 9.86. The normalized spacial score (nSPS) is 25.8. The summed E-state index contributed by atoms with van der Waals surface area (Å²) in [6, 6.07) is 0. The van der Waals surface area contributed by atoms with E-state index in [1.807, 2.05) is 6.92 Å². The molecule has 0 aliphatic carbocycles. The molecule has 0 aromatic rings. The van der Waals surface area contributed by atoms with Crippen LogP contribution in [0.5, 0.6) is 0 Å². The molecule has 0 aromatic carbocycles.